The number of nitrogens with one attached hydrogen (secondary N) is 1. The van der Waals surface area contributed by atoms with E-state index in [1.807, 2.05) is 0 Å². The molecule has 0 rings (SSSR count). The van der Waals surface area contributed by atoms with E-state index in [4.69, 9.17) is 4.74 Å². The Kier molecular flexibility index (Phi) is 9.42. The highest BCUT2D eigenvalue weighted by Gasteiger charge is 2.07. The van der Waals surface area contributed by atoms with Gasteiger partial charge in [0.2, 0.25) is 0 Å². The molecule has 1 atom stereocenters. The van der Waals surface area contributed by atoms with Gasteiger partial charge in [-0.3, -0.25) is 0 Å². The van der Waals surface area contributed by atoms with Crippen LogP contribution in [0.25, 0.3) is 0 Å². The van der Waals surface area contributed by atoms with Crippen molar-refractivity contribution < 1.29 is 4.74 Å². The Morgan fingerprint density at radius 3 is 2.36 bits per heavy atom. The van der Waals surface area contributed by atoms with E-state index in [9.17, 15) is 0 Å². The molecule has 0 fully saturated rings. The molecular formula is C12H27NO. The highest BCUT2D eigenvalue weighted by molar-refractivity contribution is 4.66. The lowest BCUT2D eigenvalue weighted by Crippen LogP contribution is -2.33. The predicted molar refractivity (Wildman–Crippen MR) is 62.6 cm³/mol. The molecule has 0 amide bonds. The molecule has 0 aliphatic heterocycles. The first-order chi connectivity index (χ1) is 6.70. The van der Waals surface area contributed by atoms with E-state index in [1.165, 1.54) is 12.8 Å². The lowest BCUT2D eigenvalue weighted by atomic mass is 10.0. The van der Waals surface area contributed by atoms with Crippen LogP contribution in [0.4, 0.5) is 0 Å². The molecule has 14 heavy (non-hydrogen) atoms. The molecule has 0 aliphatic carbocycles. The molecule has 0 heterocycles. The summed E-state index contributed by atoms with van der Waals surface area (Å²) in [5.74, 6) is 0.794. The molecule has 0 spiro atoms. The Balaban J connectivity index is 3.54. The van der Waals surface area contributed by atoms with E-state index in [1.54, 1.807) is 0 Å². The smallest absolute Gasteiger partial charge is 0.0619 e. The van der Waals surface area contributed by atoms with Crippen molar-refractivity contribution in [2.24, 2.45) is 5.92 Å². The molecule has 0 saturated heterocycles. The zero-order chi connectivity index (χ0) is 10.8. The van der Waals surface area contributed by atoms with Gasteiger partial charge in [-0.05, 0) is 31.7 Å². The van der Waals surface area contributed by atoms with Gasteiger partial charge in [0.05, 0.1) is 6.61 Å². The Bertz CT molecular complexity index is 115. The maximum atomic E-state index is 5.57. The minimum Gasteiger partial charge on any atom is -0.380 e. The first-order valence-corrected chi connectivity index (χ1v) is 6.01. The Hall–Kier alpha value is -0.0800. The minimum absolute atomic E-state index is 0.550. The monoisotopic (exact) mass is 201 g/mol. The fourth-order valence-electron chi connectivity index (χ4n) is 1.44. The highest BCUT2D eigenvalue weighted by atomic mass is 16.5. The number of ether oxygens (including phenoxy) is 1. The lowest BCUT2D eigenvalue weighted by Gasteiger charge is -2.18. The van der Waals surface area contributed by atoms with Crippen molar-refractivity contribution in [3.63, 3.8) is 0 Å². The SMILES string of the molecule is CCCOCC(CCC(C)C)NCC. The molecule has 0 bridgehead atoms. The van der Waals surface area contributed by atoms with Crippen molar-refractivity contribution in [2.45, 2.75) is 53.0 Å². The van der Waals surface area contributed by atoms with Gasteiger partial charge >= 0.3 is 0 Å². The number of hydrogen-bond donors (Lipinski definition) is 1. The van der Waals surface area contributed by atoms with Crippen molar-refractivity contribution in [3.8, 4) is 0 Å². The van der Waals surface area contributed by atoms with Crippen LogP contribution in [0.2, 0.25) is 0 Å². The molecule has 0 aromatic heterocycles. The molecule has 0 aromatic carbocycles. The fraction of sp³-hybridized carbons (Fsp3) is 1.00. The van der Waals surface area contributed by atoms with Gasteiger partial charge in [-0.2, -0.15) is 0 Å². The van der Waals surface area contributed by atoms with Crippen molar-refractivity contribution in [1.82, 2.24) is 5.32 Å². The molecule has 0 saturated carbocycles. The zero-order valence-corrected chi connectivity index (χ0v) is 10.3. The highest BCUT2D eigenvalue weighted by Crippen LogP contribution is 2.07. The topological polar surface area (TPSA) is 21.3 Å². The van der Waals surface area contributed by atoms with Crippen molar-refractivity contribution in [1.29, 1.82) is 0 Å². The Morgan fingerprint density at radius 2 is 1.86 bits per heavy atom. The summed E-state index contributed by atoms with van der Waals surface area (Å²) in [6.45, 7) is 11.7. The number of rotatable bonds is 9. The first-order valence-electron chi connectivity index (χ1n) is 6.01. The van der Waals surface area contributed by atoms with Crippen LogP contribution in [0, 0.1) is 5.92 Å². The van der Waals surface area contributed by atoms with Crippen LogP contribution in [0.3, 0.4) is 0 Å². The van der Waals surface area contributed by atoms with Gasteiger partial charge in [0.1, 0.15) is 0 Å². The summed E-state index contributed by atoms with van der Waals surface area (Å²) in [7, 11) is 0. The molecule has 1 N–H and O–H groups in total. The van der Waals surface area contributed by atoms with Gasteiger partial charge in [-0.1, -0.05) is 27.7 Å². The summed E-state index contributed by atoms with van der Waals surface area (Å²) in [5.41, 5.74) is 0. The van der Waals surface area contributed by atoms with Gasteiger partial charge < -0.3 is 10.1 Å². The molecule has 2 nitrogen and oxygen atoms in total. The van der Waals surface area contributed by atoms with E-state index in [0.717, 1.165) is 32.1 Å². The molecule has 1 unspecified atom stereocenters. The summed E-state index contributed by atoms with van der Waals surface area (Å²) in [4.78, 5) is 0. The van der Waals surface area contributed by atoms with Gasteiger partial charge in [0.25, 0.3) is 0 Å². The average molecular weight is 201 g/mol. The lowest BCUT2D eigenvalue weighted by molar-refractivity contribution is 0.108. The van der Waals surface area contributed by atoms with Gasteiger partial charge in [-0.15, -0.1) is 0 Å². The van der Waals surface area contributed by atoms with E-state index >= 15 is 0 Å². The third-order valence-electron chi connectivity index (χ3n) is 2.25. The van der Waals surface area contributed by atoms with Gasteiger partial charge in [-0.25, -0.2) is 0 Å². The van der Waals surface area contributed by atoms with E-state index in [-0.39, 0.29) is 0 Å². The number of likely N-dealkylation sites (N-methyl/N-ethyl adjacent to an activating group) is 1. The normalized spacial score (nSPS) is 13.5. The summed E-state index contributed by atoms with van der Waals surface area (Å²) >= 11 is 0. The molecule has 0 aliphatic rings. The van der Waals surface area contributed by atoms with Crippen LogP contribution in [-0.4, -0.2) is 25.8 Å². The third kappa shape index (κ3) is 8.52. The summed E-state index contributed by atoms with van der Waals surface area (Å²) in [5, 5.41) is 3.47. The largest absolute Gasteiger partial charge is 0.380 e. The average Bonchev–Trinajstić information content (AvgIpc) is 2.14. The van der Waals surface area contributed by atoms with E-state index in [0.29, 0.717) is 6.04 Å². The minimum atomic E-state index is 0.550. The van der Waals surface area contributed by atoms with Gasteiger partial charge in [0, 0.05) is 12.6 Å². The summed E-state index contributed by atoms with van der Waals surface area (Å²) < 4.78 is 5.57. The van der Waals surface area contributed by atoms with Crippen LogP contribution >= 0.6 is 0 Å². The summed E-state index contributed by atoms with van der Waals surface area (Å²) in [6, 6.07) is 0.550. The second-order valence-corrected chi connectivity index (χ2v) is 4.30. The second-order valence-electron chi connectivity index (χ2n) is 4.30. The van der Waals surface area contributed by atoms with Crippen molar-refractivity contribution in [2.75, 3.05) is 19.8 Å². The van der Waals surface area contributed by atoms with Gasteiger partial charge in [0.15, 0.2) is 0 Å². The van der Waals surface area contributed by atoms with E-state index in [2.05, 4.69) is 33.0 Å². The molecular weight excluding hydrogens is 174 g/mol. The maximum Gasteiger partial charge on any atom is 0.0619 e. The van der Waals surface area contributed by atoms with Crippen molar-refractivity contribution >= 4 is 0 Å². The third-order valence-corrected chi connectivity index (χ3v) is 2.25. The molecule has 0 aromatic rings. The predicted octanol–water partition coefficient (Wildman–Crippen LogP) is 2.83. The van der Waals surface area contributed by atoms with Crippen LogP contribution in [0.15, 0.2) is 0 Å². The molecule has 0 radical (unpaired) electrons. The standard InChI is InChI=1S/C12H27NO/c1-5-9-14-10-12(13-6-2)8-7-11(3)4/h11-13H,5-10H2,1-4H3. The zero-order valence-electron chi connectivity index (χ0n) is 10.3. The first kappa shape index (κ1) is 13.9. The van der Waals surface area contributed by atoms with Crippen LogP contribution in [0.1, 0.15) is 47.0 Å². The Morgan fingerprint density at radius 1 is 1.14 bits per heavy atom. The molecule has 2 heteroatoms. The number of hydrogen-bond acceptors (Lipinski definition) is 2. The molecule has 86 valence electrons. The Labute approximate surface area is 89.4 Å². The van der Waals surface area contributed by atoms with E-state index < -0.39 is 0 Å². The fourth-order valence-corrected chi connectivity index (χ4v) is 1.44. The van der Waals surface area contributed by atoms with Crippen molar-refractivity contribution in [3.05, 3.63) is 0 Å². The quantitative estimate of drug-likeness (QED) is 0.579. The van der Waals surface area contributed by atoms with Crippen LogP contribution in [-0.2, 0) is 4.74 Å². The van der Waals surface area contributed by atoms with Crippen LogP contribution < -0.4 is 5.32 Å². The maximum absolute atomic E-state index is 5.57. The van der Waals surface area contributed by atoms with Crippen LogP contribution in [0.5, 0.6) is 0 Å². The second kappa shape index (κ2) is 9.47. The summed E-state index contributed by atoms with van der Waals surface area (Å²) in [6.07, 6.45) is 3.63.